The first-order valence-corrected chi connectivity index (χ1v) is 8.58. The zero-order valence-corrected chi connectivity index (χ0v) is 13.9. The van der Waals surface area contributed by atoms with Crippen LogP contribution >= 0.6 is 0 Å². The number of aromatic nitrogens is 2. The summed E-state index contributed by atoms with van der Waals surface area (Å²) in [5, 5.41) is 9.59. The van der Waals surface area contributed by atoms with E-state index < -0.39 is 17.9 Å². The largest absolute Gasteiger partial charge is 0.356 e. The van der Waals surface area contributed by atoms with Crippen LogP contribution in [-0.4, -0.2) is 40.1 Å². The topological polar surface area (TPSA) is 102 Å². The number of carbonyl (C=O) groups is 2. The molecule has 0 radical (unpaired) electrons. The third-order valence-electron chi connectivity index (χ3n) is 5.04. The first-order valence-electron chi connectivity index (χ1n) is 8.58. The standard InChI is InChI=1S/C16H23F2N5O2/c17-16(18)4-1-10(2-5-16)13(19)15(25)22-12-7-21-23(9-12)8-11-3-6-20-14(11)24/h7,9-11,13H,1-6,8,19H2,(H,20,24)(H,22,25). The highest BCUT2D eigenvalue weighted by atomic mass is 19.3. The van der Waals surface area contributed by atoms with Gasteiger partial charge in [0, 0.05) is 25.6 Å². The fourth-order valence-corrected chi connectivity index (χ4v) is 3.43. The van der Waals surface area contributed by atoms with E-state index in [9.17, 15) is 18.4 Å². The van der Waals surface area contributed by atoms with E-state index >= 15 is 0 Å². The van der Waals surface area contributed by atoms with E-state index in [1.54, 1.807) is 10.9 Å². The summed E-state index contributed by atoms with van der Waals surface area (Å²) in [5.41, 5.74) is 6.43. The average Bonchev–Trinajstić information content (AvgIpc) is 3.16. The molecule has 1 aliphatic carbocycles. The Labute approximate surface area is 144 Å². The number of nitrogens with two attached hydrogens (primary N) is 1. The van der Waals surface area contributed by atoms with Crippen LogP contribution in [0.4, 0.5) is 14.5 Å². The second-order valence-electron chi connectivity index (χ2n) is 6.94. The van der Waals surface area contributed by atoms with Crippen molar-refractivity contribution in [1.82, 2.24) is 15.1 Å². The summed E-state index contributed by atoms with van der Waals surface area (Å²) in [6, 6.07) is -0.819. The summed E-state index contributed by atoms with van der Waals surface area (Å²) in [6.45, 7) is 1.12. The molecule has 0 spiro atoms. The summed E-state index contributed by atoms with van der Waals surface area (Å²) >= 11 is 0. The molecule has 1 saturated heterocycles. The minimum atomic E-state index is -2.64. The van der Waals surface area contributed by atoms with Crippen LogP contribution in [0.3, 0.4) is 0 Å². The average molecular weight is 355 g/mol. The van der Waals surface area contributed by atoms with Crippen molar-refractivity contribution >= 4 is 17.5 Å². The highest BCUT2D eigenvalue weighted by Crippen LogP contribution is 2.37. The van der Waals surface area contributed by atoms with Crippen molar-refractivity contribution in [3.05, 3.63) is 12.4 Å². The van der Waals surface area contributed by atoms with Crippen molar-refractivity contribution in [2.24, 2.45) is 17.6 Å². The zero-order valence-electron chi connectivity index (χ0n) is 13.9. The maximum atomic E-state index is 13.2. The molecule has 9 heteroatoms. The van der Waals surface area contributed by atoms with Crippen LogP contribution in [0.2, 0.25) is 0 Å². The lowest BCUT2D eigenvalue weighted by Crippen LogP contribution is -2.44. The number of nitrogens with one attached hydrogen (secondary N) is 2. The molecule has 7 nitrogen and oxygen atoms in total. The lowest BCUT2D eigenvalue weighted by molar-refractivity contribution is -0.123. The van der Waals surface area contributed by atoms with Gasteiger partial charge in [-0.1, -0.05) is 0 Å². The second-order valence-corrected chi connectivity index (χ2v) is 6.94. The van der Waals surface area contributed by atoms with Gasteiger partial charge in [0.25, 0.3) is 0 Å². The summed E-state index contributed by atoms with van der Waals surface area (Å²) in [7, 11) is 0. The number of hydrogen-bond donors (Lipinski definition) is 3. The molecule has 2 unspecified atom stereocenters. The Bertz CT molecular complexity index is 638. The maximum Gasteiger partial charge on any atom is 0.248 e. The summed E-state index contributed by atoms with van der Waals surface area (Å²) in [5.74, 6) is -3.38. The molecule has 1 aromatic rings. The molecule has 1 aromatic heterocycles. The summed E-state index contributed by atoms with van der Waals surface area (Å²) < 4.78 is 28.0. The van der Waals surface area contributed by atoms with Crippen LogP contribution < -0.4 is 16.4 Å². The monoisotopic (exact) mass is 355 g/mol. The van der Waals surface area contributed by atoms with Gasteiger partial charge in [-0.3, -0.25) is 14.3 Å². The third kappa shape index (κ3) is 4.33. The number of anilines is 1. The fourth-order valence-electron chi connectivity index (χ4n) is 3.43. The van der Waals surface area contributed by atoms with Gasteiger partial charge in [-0.05, 0) is 25.2 Å². The first-order chi connectivity index (χ1) is 11.8. The van der Waals surface area contributed by atoms with E-state index in [1.807, 2.05) is 0 Å². The molecule has 1 aliphatic heterocycles. The Hall–Kier alpha value is -2.03. The SMILES string of the molecule is NC(C(=O)Nc1cnn(CC2CCNC2=O)c1)C1CCC(F)(F)CC1. The van der Waals surface area contributed by atoms with Crippen LogP contribution in [0.1, 0.15) is 32.1 Å². The van der Waals surface area contributed by atoms with Gasteiger partial charge in [0.1, 0.15) is 0 Å². The van der Waals surface area contributed by atoms with E-state index in [0.717, 1.165) is 6.42 Å². The minimum absolute atomic E-state index is 0.0113. The molecule has 25 heavy (non-hydrogen) atoms. The molecule has 4 N–H and O–H groups in total. The minimum Gasteiger partial charge on any atom is -0.356 e. The number of halogens is 2. The number of amides is 2. The van der Waals surface area contributed by atoms with E-state index in [4.69, 9.17) is 5.73 Å². The van der Waals surface area contributed by atoms with Crippen LogP contribution in [0.15, 0.2) is 12.4 Å². The van der Waals surface area contributed by atoms with E-state index in [2.05, 4.69) is 15.7 Å². The maximum absolute atomic E-state index is 13.2. The molecule has 2 atom stereocenters. The predicted molar refractivity (Wildman–Crippen MR) is 86.9 cm³/mol. The van der Waals surface area contributed by atoms with Crippen LogP contribution in [0, 0.1) is 11.8 Å². The Morgan fingerprint density at radius 1 is 1.44 bits per heavy atom. The van der Waals surface area contributed by atoms with Gasteiger partial charge in [0.15, 0.2) is 0 Å². The molecular weight excluding hydrogens is 332 g/mol. The molecule has 0 bridgehead atoms. The lowest BCUT2D eigenvalue weighted by atomic mass is 9.82. The van der Waals surface area contributed by atoms with Gasteiger partial charge in [-0.2, -0.15) is 5.10 Å². The van der Waals surface area contributed by atoms with Crippen LogP contribution in [0.25, 0.3) is 0 Å². The number of hydrogen-bond acceptors (Lipinski definition) is 4. The Balaban J connectivity index is 1.52. The normalized spacial score (nSPS) is 24.8. The van der Waals surface area contributed by atoms with Gasteiger partial charge in [-0.25, -0.2) is 8.78 Å². The second kappa shape index (κ2) is 7.07. The highest BCUT2D eigenvalue weighted by Gasteiger charge is 2.38. The van der Waals surface area contributed by atoms with E-state index in [0.29, 0.717) is 18.8 Å². The van der Waals surface area contributed by atoms with E-state index in [-0.39, 0.29) is 43.4 Å². The summed E-state index contributed by atoms with van der Waals surface area (Å²) in [4.78, 5) is 23.8. The van der Waals surface area contributed by atoms with Crippen LogP contribution in [-0.2, 0) is 16.1 Å². The highest BCUT2D eigenvalue weighted by molar-refractivity contribution is 5.94. The Morgan fingerprint density at radius 3 is 2.80 bits per heavy atom. The van der Waals surface area contributed by atoms with E-state index in [1.165, 1.54) is 6.20 Å². The molecule has 2 fully saturated rings. The van der Waals surface area contributed by atoms with Gasteiger partial charge in [0.05, 0.1) is 30.4 Å². The Morgan fingerprint density at radius 2 is 2.16 bits per heavy atom. The molecule has 2 aliphatic rings. The molecule has 2 heterocycles. The molecular formula is C16H23F2N5O2. The van der Waals surface area contributed by atoms with Gasteiger partial charge in [-0.15, -0.1) is 0 Å². The van der Waals surface area contributed by atoms with Crippen molar-refractivity contribution in [3.63, 3.8) is 0 Å². The van der Waals surface area contributed by atoms with Crippen molar-refractivity contribution < 1.29 is 18.4 Å². The third-order valence-corrected chi connectivity index (χ3v) is 5.04. The van der Waals surface area contributed by atoms with Crippen molar-refractivity contribution in [2.45, 2.75) is 50.6 Å². The van der Waals surface area contributed by atoms with Crippen LogP contribution in [0.5, 0.6) is 0 Å². The Kier molecular flexibility index (Phi) is 5.03. The van der Waals surface area contributed by atoms with Crippen molar-refractivity contribution in [1.29, 1.82) is 0 Å². The van der Waals surface area contributed by atoms with Crippen molar-refractivity contribution in [3.8, 4) is 0 Å². The smallest absolute Gasteiger partial charge is 0.248 e. The molecule has 3 rings (SSSR count). The van der Waals surface area contributed by atoms with Gasteiger partial charge < -0.3 is 16.4 Å². The molecule has 0 aromatic carbocycles. The predicted octanol–water partition coefficient (Wildman–Crippen LogP) is 1.11. The zero-order chi connectivity index (χ0) is 18.0. The molecule has 138 valence electrons. The van der Waals surface area contributed by atoms with Gasteiger partial charge >= 0.3 is 0 Å². The summed E-state index contributed by atoms with van der Waals surface area (Å²) in [6.07, 6.45) is 3.95. The quantitative estimate of drug-likeness (QED) is 0.736. The molecule has 1 saturated carbocycles. The number of nitrogens with zero attached hydrogens (tertiary/aromatic N) is 2. The van der Waals surface area contributed by atoms with Gasteiger partial charge in [0.2, 0.25) is 17.7 Å². The van der Waals surface area contributed by atoms with Crippen molar-refractivity contribution in [2.75, 3.05) is 11.9 Å². The fraction of sp³-hybridized carbons (Fsp3) is 0.688. The number of rotatable bonds is 5. The number of alkyl halides is 2. The first kappa shape index (κ1) is 17.8. The lowest BCUT2D eigenvalue weighted by Gasteiger charge is -2.31. The molecule has 2 amide bonds. The number of carbonyl (C=O) groups excluding carboxylic acids is 2.